The molecule has 1 aliphatic heterocycles. The largest absolute Gasteiger partial charge is 0.376 e. The molecule has 1 aromatic heterocycles. The summed E-state index contributed by atoms with van der Waals surface area (Å²) in [5.74, 6) is -0.292. The van der Waals surface area contributed by atoms with E-state index in [1.165, 1.54) is 4.90 Å². The first-order chi connectivity index (χ1) is 15.4. The first-order valence-corrected chi connectivity index (χ1v) is 10.9. The number of rotatable bonds is 10. The third kappa shape index (κ3) is 7.06. The van der Waals surface area contributed by atoms with E-state index in [1.54, 1.807) is 19.1 Å². The van der Waals surface area contributed by atoms with Gasteiger partial charge in [-0.25, -0.2) is 0 Å². The summed E-state index contributed by atoms with van der Waals surface area (Å²) in [5.41, 5.74) is 0.788. The molecule has 0 bridgehead atoms. The second-order valence-electron chi connectivity index (χ2n) is 7.58. The number of nitrogens with zero attached hydrogens (tertiary/aromatic N) is 2. The maximum absolute atomic E-state index is 12.8. The van der Waals surface area contributed by atoms with E-state index in [0.717, 1.165) is 18.4 Å². The number of nitrogens with one attached hydrogen (secondary N) is 2. The van der Waals surface area contributed by atoms with Gasteiger partial charge in [-0.3, -0.25) is 19.3 Å². The number of hydrogen-bond donors (Lipinski definition) is 2. The number of aryl methyl sites for hydroxylation is 1. The van der Waals surface area contributed by atoms with E-state index in [-0.39, 0.29) is 49.7 Å². The van der Waals surface area contributed by atoms with Gasteiger partial charge < -0.3 is 19.9 Å². The molecule has 2 heterocycles. The van der Waals surface area contributed by atoms with Gasteiger partial charge in [0.25, 0.3) is 0 Å². The number of benzene rings is 1. The predicted octanol–water partition coefficient (Wildman–Crippen LogP) is 2.36. The Labute approximate surface area is 191 Å². The first-order valence-electron chi connectivity index (χ1n) is 10.5. The molecule has 0 spiro atoms. The van der Waals surface area contributed by atoms with Crippen molar-refractivity contribution >= 4 is 35.1 Å². The third-order valence-electron chi connectivity index (χ3n) is 5.05. The van der Waals surface area contributed by atoms with Crippen LogP contribution >= 0.6 is 11.6 Å². The SMILES string of the molecule is Cc1cc(N(CC(=O)NCC2CCCO2)C(=O)CCC(=O)NCc2ccccc2Cl)no1. The average Bonchev–Trinajstić information content (AvgIpc) is 3.45. The fraction of sp³-hybridized carbons (Fsp3) is 0.455. The third-order valence-corrected chi connectivity index (χ3v) is 5.41. The molecule has 172 valence electrons. The smallest absolute Gasteiger partial charge is 0.240 e. The molecule has 2 N–H and O–H groups in total. The molecule has 1 fully saturated rings. The summed E-state index contributed by atoms with van der Waals surface area (Å²) < 4.78 is 10.6. The van der Waals surface area contributed by atoms with Crippen molar-refractivity contribution < 1.29 is 23.6 Å². The molecule has 0 saturated carbocycles. The summed E-state index contributed by atoms with van der Waals surface area (Å²) in [7, 11) is 0. The van der Waals surface area contributed by atoms with E-state index in [1.807, 2.05) is 18.2 Å². The monoisotopic (exact) mass is 462 g/mol. The van der Waals surface area contributed by atoms with Crippen LogP contribution in [0, 0.1) is 6.92 Å². The lowest BCUT2D eigenvalue weighted by molar-refractivity contribution is -0.126. The zero-order valence-electron chi connectivity index (χ0n) is 17.9. The van der Waals surface area contributed by atoms with Crippen LogP contribution in [0.3, 0.4) is 0 Å². The van der Waals surface area contributed by atoms with Crippen molar-refractivity contribution in [2.75, 3.05) is 24.6 Å². The summed E-state index contributed by atoms with van der Waals surface area (Å²) in [6.45, 7) is 2.83. The molecule has 1 unspecified atom stereocenters. The summed E-state index contributed by atoms with van der Waals surface area (Å²) in [6, 6.07) is 8.77. The van der Waals surface area contributed by atoms with E-state index in [2.05, 4.69) is 15.8 Å². The molecular formula is C22H27ClN4O5. The van der Waals surface area contributed by atoms with Gasteiger partial charge in [0.15, 0.2) is 5.82 Å². The average molecular weight is 463 g/mol. The molecule has 32 heavy (non-hydrogen) atoms. The molecule has 2 aromatic rings. The Morgan fingerprint density at radius 1 is 1.19 bits per heavy atom. The van der Waals surface area contributed by atoms with Crippen LogP contribution in [-0.4, -0.2) is 48.7 Å². The Hall–Kier alpha value is -2.91. The van der Waals surface area contributed by atoms with Crippen LogP contribution in [0.15, 0.2) is 34.9 Å². The molecule has 9 nitrogen and oxygen atoms in total. The van der Waals surface area contributed by atoms with Crippen molar-refractivity contribution in [3.05, 3.63) is 46.7 Å². The number of aromatic nitrogens is 1. The van der Waals surface area contributed by atoms with Crippen molar-refractivity contribution in [1.29, 1.82) is 0 Å². The van der Waals surface area contributed by atoms with Crippen molar-refractivity contribution in [3.8, 4) is 0 Å². The fourth-order valence-electron chi connectivity index (χ4n) is 3.29. The number of amides is 3. The molecular weight excluding hydrogens is 436 g/mol. The highest BCUT2D eigenvalue weighted by Crippen LogP contribution is 2.17. The van der Waals surface area contributed by atoms with Gasteiger partial charge in [0, 0.05) is 43.6 Å². The Bertz CT molecular complexity index is 942. The zero-order chi connectivity index (χ0) is 22.9. The van der Waals surface area contributed by atoms with Gasteiger partial charge >= 0.3 is 0 Å². The highest BCUT2D eigenvalue weighted by molar-refractivity contribution is 6.31. The quantitative estimate of drug-likeness (QED) is 0.560. The summed E-state index contributed by atoms with van der Waals surface area (Å²) >= 11 is 6.09. The van der Waals surface area contributed by atoms with Gasteiger partial charge in [-0.1, -0.05) is 35.0 Å². The van der Waals surface area contributed by atoms with Crippen LogP contribution in [0.2, 0.25) is 5.02 Å². The lowest BCUT2D eigenvalue weighted by Crippen LogP contribution is -2.43. The summed E-state index contributed by atoms with van der Waals surface area (Å²) in [5, 5.41) is 9.95. The van der Waals surface area contributed by atoms with Gasteiger partial charge in [-0.2, -0.15) is 0 Å². The van der Waals surface area contributed by atoms with Crippen LogP contribution in [0.25, 0.3) is 0 Å². The molecule has 3 rings (SSSR count). The second kappa shape index (κ2) is 11.6. The predicted molar refractivity (Wildman–Crippen MR) is 118 cm³/mol. The fourth-order valence-corrected chi connectivity index (χ4v) is 3.49. The summed E-state index contributed by atoms with van der Waals surface area (Å²) in [6.07, 6.45) is 1.75. The molecule has 0 aliphatic carbocycles. The molecule has 3 amide bonds. The van der Waals surface area contributed by atoms with Crippen LogP contribution in [0.1, 0.15) is 37.0 Å². The highest BCUT2D eigenvalue weighted by Gasteiger charge is 2.24. The normalized spacial score (nSPS) is 15.4. The number of carbonyl (C=O) groups excluding carboxylic acids is 3. The number of ether oxygens (including phenoxy) is 1. The highest BCUT2D eigenvalue weighted by atomic mass is 35.5. The number of anilines is 1. The van der Waals surface area contributed by atoms with Crippen LogP contribution < -0.4 is 15.5 Å². The Balaban J connectivity index is 1.52. The van der Waals surface area contributed by atoms with E-state index >= 15 is 0 Å². The number of hydrogen-bond acceptors (Lipinski definition) is 6. The lowest BCUT2D eigenvalue weighted by Gasteiger charge is -2.20. The van der Waals surface area contributed by atoms with Crippen LogP contribution in [0.5, 0.6) is 0 Å². The van der Waals surface area contributed by atoms with E-state index in [0.29, 0.717) is 23.9 Å². The minimum atomic E-state index is -0.404. The minimum Gasteiger partial charge on any atom is -0.376 e. The van der Waals surface area contributed by atoms with Crippen molar-refractivity contribution in [3.63, 3.8) is 0 Å². The minimum absolute atomic E-state index is 0.000731. The first kappa shape index (κ1) is 23.7. The Morgan fingerprint density at radius 2 is 2.00 bits per heavy atom. The van der Waals surface area contributed by atoms with Gasteiger partial charge in [0.1, 0.15) is 12.3 Å². The van der Waals surface area contributed by atoms with Gasteiger partial charge in [-0.15, -0.1) is 0 Å². The second-order valence-corrected chi connectivity index (χ2v) is 7.99. The van der Waals surface area contributed by atoms with Gasteiger partial charge in [-0.05, 0) is 31.4 Å². The zero-order valence-corrected chi connectivity index (χ0v) is 18.7. The van der Waals surface area contributed by atoms with Crippen LogP contribution in [-0.2, 0) is 25.7 Å². The van der Waals surface area contributed by atoms with E-state index in [4.69, 9.17) is 20.9 Å². The molecule has 1 atom stereocenters. The van der Waals surface area contributed by atoms with Gasteiger partial charge in [0.2, 0.25) is 17.7 Å². The molecule has 1 saturated heterocycles. The Kier molecular flexibility index (Phi) is 8.64. The standard InChI is InChI=1S/C22H27ClN4O5/c1-15-11-19(26-32-15)27(14-21(29)25-13-17-6-4-10-31-17)22(30)9-8-20(28)24-12-16-5-2-3-7-18(16)23/h2-3,5,7,11,17H,4,6,8-10,12-14H2,1H3,(H,24,28)(H,25,29). The number of halogens is 1. The molecule has 1 aliphatic rings. The van der Waals surface area contributed by atoms with Gasteiger partial charge in [0.05, 0.1) is 6.10 Å². The van der Waals surface area contributed by atoms with Crippen molar-refractivity contribution in [2.24, 2.45) is 0 Å². The molecule has 1 aromatic carbocycles. The van der Waals surface area contributed by atoms with Crippen molar-refractivity contribution in [1.82, 2.24) is 15.8 Å². The maximum atomic E-state index is 12.8. The van der Waals surface area contributed by atoms with Crippen LogP contribution in [0.4, 0.5) is 5.82 Å². The lowest BCUT2D eigenvalue weighted by atomic mass is 10.2. The maximum Gasteiger partial charge on any atom is 0.240 e. The molecule has 10 heteroatoms. The molecule has 0 radical (unpaired) electrons. The Morgan fingerprint density at radius 3 is 2.69 bits per heavy atom. The number of carbonyl (C=O) groups is 3. The van der Waals surface area contributed by atoms with E-state index in [9.17, 15) is 14.4 Å². The van der Waals surface area contributed by atoms with Crippen molar-refractivity contribution in [2.45, 2.75) is 45.3 Å². The summed E-state index contributed by atoms with van der Waals surface area (Å²) in [4.78, 5) is 38.7. The van der Waals surface area contributed by atoms with E-state index < -0.39 is 5.91 Å². The topological polar surface area (TPSA) is 114 Å².